The highest BCUT2D eigenvalue weighted by atomic mass is 32.2. The molecule has 2 rings (SSSR count). The second kappa shape index (κ2) is 3.10. The fraction of sp³-hybridized carbons (Fsp3) is 0.286. The lowest BCUT2D eigenvalue weighted by Crippen LogP contribution is -2.31. The van der Waals surface area contributed by atoms with Gasteiger partial charge in [-0.2, -0.15) is 5.10 Å². The van der Waals surface area contributed by atoms with Gasteiger partial charge in [-0.05, 0) is 6.08 Å². The third-order valence-electron chi connectivity index (χ3n) is 1.95. The van der Waals surface area contributed by atoms with E-state index in [9.17, 15) is 4.21 Å². The maximum Gasteiger partial charge on any atom is 0.138 e. The van der Waals surface area contributed by atoms with E-state index in [0.717, 1.165) is 0 Å². The molecule has 0 amide bonds. The molecular formula is C7H10N4O2S. The summed E-state index contributed by atoms with van der Waals surface area (Å²) in [4.78, 5) is 0. The van der Waals surface area contributed by atoms with Crippen LogP contribution in [0.25, 0.3) is 0 Å². The molecule has 2 unspecified atom stereocenters. The number of hydrogen-bond acceptors (Lipinski definition) is 5. The van der Waals surface area contributed by atoms with E-state index in [1.165, 1.54) is 18.7 Å². The highest BCUT2D eigenvalue weighted by Crippen LogP contribution is 2.22. The van der Waals surface area contributed by atoms with Crippen LogP contribution in [0.3, 0.4) is 0 Å². The van der Waals surface area contributed by atoms with Crippen LogP contribution in [-0.4, -0.2) is 27.2 Å². The maximum atomic E-state index is 11.4. The van der Waals surface area contributed by atoms with Crippen LogP contribution in [0.4, 0.5) is 0 Å². The van der Waals surface area contributed by atoms with E-state index in [1.807, 2.05) is 0 Å². The molecule has 2 aliphatic heterocycles. The zero-order chi connectivity index (χ0) is 10.2. The number of nitrogens with one attached hydrogen (secondary N) is 1. The molecule has 0 spiro atoms. The molecule has 0 bridgehead atoms. The lowest BCUT2D eigenvalue weighted by molar-refractivity contribution is 0.376. The molecule has 2 heterocycles. The number of ether oxygens (including phenoxy) is 1. The zero-order valence-corrected chi connectivity index (χ0v) is 8.11. The molecule has 2 aliphatic rings. The van der Waals surface area contributed by atoms with Crippen molar-refractivity contribution in [1.29, 1.82) is 4.78 Å². The van der Waals surface area contributed by atoms with Crippen LogP contribution in [0.15, 0.2) is 29.4 Å². The summed E-state index contributed by atoms with van der Waals surface area (Å²) in [6.07, 6.45) is 6.12. The van der Waals surface area contributed by atoms with Crippen molar-refractivity contribution in [3.8, 4) is 0 Å². The average molecular weight is 214 g/mol. The number of rotatable bonds is 1. The Bertz CT molecular complexity index is 423. The van der Waals surface area contributed by atoms with E-state index in [0.29, 0.717) is 12.2 Å². The van der Waals surface area contributed by atoms with Gasteiger partial charge in [-0.15, -0.1) is 0 Å². The van der Waals surface area contributed by atoms with Gasteiger partial charge in [-0.3, -0.25) is 5.01 Å². The van der Waals surface area contributed by atoms with Gasteiger partial charge in [0.15, 0.2) is 0 Å². The first-order valence-electron chi connectivity index (χ1n) is 3.96. The number of hydrazone groups is 1. The predicted molar refractivity (Wildman–Crippen MR) is 52.3 cm³/mol. The number of fused-ring (bicyclic) bond motifs is 1. The van der Waals surface area contributed by atoms with E-state index >= 15 is 0 Å². The molecule has 14 heavy (non-hydrogen) atoms. The molecule has 7 heteroatoms. The van der Waals surface area contributed by atoms with Gasteiger partial charge < -0.3 is 4.74 Å². The van der Waals surface area contributed by atoms with Crippen molar-refractivity contribution in [2.24, 2.45) is 10.2 Å². The summed E-state index contributed by atoms with van der Waals surface area (Å²) in [6, 6.07) is 0. The van der Waals surface area contributed by atoms with Gasteiger partial charge in [0, 0.05) is 6.21 Å². The lowest BCUT2D eigenvalue weighted by atomic mass is 10.3. The number of nitrogens with zero attached hydrogens (tertiary/aromatic N) is 2. The lowest BCUT2D eigenvalue weighted by Gasteiger charge is -2.15. The van der Waals surface area contributed by atoms with Crippen LogP contribution in [0.2, 0.25) is 0 Å². The summed E-state index contributed by atoms with van der Waals surface area (Å²) < 4.78 is 23.7. The molecular weight excluding hydrogens is 204 g/mol. The summed E-state index contributed by atoms with van der Waals surface area (Å²) in [5.41, 5.74) is 0.567. The Balaban J connectivity index is 2.35. The molecule has 0 aromatic heterocycles. The average Bonchev–Trinajstić information content (AvgIpc) is 2.36. The van der Waals surface area contributed by atoms with Crippen LogP contribution in [0, 0.1) is 4.78 Å². The predicted octanol–water partition coefficient (Wildman–Crippen LogP) is -0.0378. The van der Waals surface area contributed by atoms with Crippen molar-refractivity contribution in [3.63, 3.8) is 0 Å². The summed E-state index contributed by atoms with van der Waals surface area (Å²) in [5.74, 6) is 0. The third-order valence-corrected chi connectivity index (χ3v) is 3.07. The van der Waals surface area contributed by atoms with Crippen molar-refractivity contribution in [3.05, 3.63) is 24.3 Å². The van der Waals surface area contributed by atoms with E-state index in [-0.39, 0.29) is 0 Å². The standard InChI is InChI=1S/C7H10N4O2S/c8-14(9,12)7-4-10-11-2-1-3-13-5-6(7)11/h1,3-5,7H,2H2,(H3,8,9,12). The Kier molecular flexibility index (Phi) is 2.05. The summed E-state index contributed by atoms with van der Waals surface area (Å²) >= 11 is 0. The first-order valence-corrected chi connectivity index (χ1v) is 5.65. The first kappa shape index (κ1) is 9.22. The Labute approximate surface area is 81.8 Å². The van der Waals surface area contributed by atoms with E-state index in [1.54, 1.807) is 11.1 Å². The molecule has 0 aliphatic carbocycles. The molecule has 3 N–H and O–H groups in total. The van der Waals surface area contributed by atoms with Gasteiger partial charge >= 0.3 is 0 Å². The van der Waals surface area contributed by atoms with Crippen molar-refractivity contribution in [1.82, 2.24) is 5.01 Å². The Morgan fingerprint density at radius 3 is 3.29 bits per heavy atom. The van der Waals surface area contributed by atoms with Crippen molar-refractivity contribution in [2.75, 3.05) is 6.54 Å². The Morgan fingerprint density at radius 2 is 2.57 bits per heavy atom. The highest BCUT2D eigenvalue weighted by molar-refractivity contribution is 7.91. The molecule has 0 aromatic rings. The van der Waals surface area contributed by atoms with E-state index in [2.05, 4.69) is 5.10 Å². The smallest absolute Gasteiger partial charge is 0.138 e. The summed E-state index contributed by atoms with van der Waals surface area (Å²) in [5, 5.41) is 10.2. The minimum atomic E-state index is -3.16. The van der Waals surface area contributed by atoms with E-state index < -0.39 is 15.2 Å². The SMILES string of the molecule is N=S(N)(=O)C1C=NN2CC=COC=C12. The molecule has 0 saturated heterocycles. The normalized spacial score (nSPS) is 28.8. The van der Waals surface area contributed by atoms with Crippen LogP contribution in [0.5, 0.6) is 0 Å². The van der Waals surface area contributed by atoms with Gasteiger partial charge in [-0.25, -0.2) is 14.1 Å². The van der Waals surface area contributed by atoms with Gasteiger partial charge in [0.1, 0.15) is 21.4 Å². The summed E-state index contributed by atoms with van der Waals surface area (Å²) in [7, 11) is -3.16. The number of nitrogens with two attached hydrogens (primary N) is 1. The molecule has 0 radical (unpaired) electrons. The van der Waals surface area contributed by atoms with Crippen molar-refractivity contribution in [2.45, 2.75) is 5.25 Å². The second-order valence-corrected chi connectivity index (χ2v) is 4.77. The zero-order valence-electron chi connectivity index (χ0n) is 7.29. The number of hydrogen-bond donors (Lipinski definition) is 2. The van der Waals surface area contributed by atoms with Crippen LogP contribution >= 0.6 is 0 Å². The van der Waals surface area contributed by atoms with Crippen LogP contribution in [-0.2, 0) is 14.7 Å². The largest absolute Gasteiger partial charge is 0.471 e. The first-order chi connectivity index (χ1) is 6.59. The van der Waals surface area contributed by atoms with Crippen LogP contribution < -0.4 is 5.14 Å². The van der Waals surface area contributed by atoms with Crippen LogP contribution in [0.1, 0.15) is 0 Å². The monoisotopic (exact) mass is 214 g/mol. The quantitative estimate of drug-likeness (QED) is 0.641. The van der Waals surface area contributed by atoms with Gasteiger partial charge in [0.2, 0.25) is 0 Å². The van der Waals surface area contributed by atoms with Gasteiger partial charge in [0.05, 0.1) is 18.5 Å². The minimum absolute atomic E-state index is 0.536. The second-order valence-electron chi connectivity index (χ2n) is 2.97. The fourth-order valence-electron chi connectivity index (χ4n) is 1.29. The molecule has 76 valence electrons. The molecule has 2 atom stereocenters. The molecule has 0 saturated carbocycles. The van der Waals surface area contributed by atoms with Crippen molar-refractivity contribution < 1.29 is 8.95 Å². The Morgan fingerprint density at radius 1 is 1.79 bits per heavy atom. The highest BCUT2D eigenvalue weighted by Gasteiger charge is 2.31. The van der Waals surface area contributed by atoms with Gasteiger partial charge in [0.25, 0.3) is 0 Å². The van der Waals surface area contributed by atoms with E-state index in [4.69, 9.17) is 14.7 Å². The molecule has 0 fully saturated rings. The molecule has 0 aromatic carbocycles. The maximum absolute atomic E-state index is 11.4. The topological polar surface area (TPSA) is 91.8 Å². The third kappa shape index (κ3) is 1.51. The summed E-state index contributed by atoms with van der Waals surface area (Å²) in [6.45, 7) is 0.536. The molecule has 6 nitrogen and oxygen atoms in total. The fourth-order valence-corrected chi connectivity index (χ4v) is 2.06. The Hall–Kier alpha value is -1.34. The van der Waals surface area contributed by atoms with Crippen molar-refractivity contribution >= 4 is 16.1 Å². The van der Waals surface area contributed by atoms with Gasteiger partial charge in [-0.1, -0.05) is 0 Å². The minimum Gasteiger partial charge on any atom is -0.471 e.